The lowest BCUT2D eigenvalue weighted by Crippen LogP contribution is -2.18. The Bertz CT molecular complexity index is 626. The number of sulfonamides is 1. The van der Waals surface area contributed by atoms with Crippen LogP contribution in [0.25, 0.3) is 0 Å². The molecule has 0 bridgehead atoms. The highest BCUT2D eigenvalue weighted by Gasteiger charge is 2.16. The molecule has 0 saturated carbocycles. The van der Waals surface area contributed by atoms with Gasteiger partial charge in [-0.2, -0.15) is 8.42 Å². The molecule has 0 aliphatic heterocycles. The number of nitrogen functional groups attached to an aromatic ring is 1. The van der Waals surface area contributed by atoms with Crippen LogP contribution in [0.1, 0.15) is 0 Å². The van der Waals surface area contributed by atoms with Gasteiger partial charge >= 0.3 is 10.5 Å². The average molecular weight is 284 g/mol. The molecule has 0 saturated heterocycles. The molecular weight excluding hydrogens is 275 g/mol. The lowest BCUT2D eigenvalue weighted by Gasteiger charge is -2.07. The number of anilines is 1. The molecule has 0 fully saturated rings. The molecule has 0 heterocycles. The predicted octanol–water partition coefficient (Wildman–Crippen LogP) is -0.230. The fourth-order valence-electron chi connectivity index (χ4n) is 0.995. The molecule has 0 radical (unpaired) electrons. The number of halogens is 1. The van der Waals surface area contributed by atoms with E-state index in [1.807, 2.05) is 4.72 Å². The second-order valence-electron chi connectivity index (χ2n) is 2.88. The number of hydrogen-bond acceptors (Lipinski definition) is 6. The van der Waals surface area contributed by atoms with Crippen LogP contribution in [0.5, 0.6) is 5.75 Å². The smallest absolute Gasteiger partial charge is 0.396 e. The monoisotopic (exact) mass is 284 g/mol. The van der Waals surface area contributed by atoms with E-state index in [4.69, 9.17) is 5.73 Å². The highest BCUT2D eigenvalue weighted by Crippen LogP contribution is 2.26. The molecule has 0 atom stereocenters. The van der Waals surface area contributed by atoms with Gasteiger partial charge in [-0.15, -0.1) is 0 Å². The van der Waals surface area contributed by atoms with Crippen molar-refractivity contribution in [2.45, 2.75) is 4.90 Å². The van der Waals surface area contributed by atoms with Crippen LogP contribution < -0.4 is 14.6 Å². The van der Waals surface area contributed by atoms with Crippen molar-refractivity contribution in [1.29, 1.82) is 0 Å². The van der Waals surface area contributed by atoms with Gasteiger partial charge in [0.25, 0.3) is 0 Å². The fourth-order valence-corrected chi connectivity index (χ4v) is 2.13. The molecule has 3 N–H and O–H groups in total. The summed E-state index contributed by atoms with van der Waals surface area (Å²) in [5.74, 6) is -0.484. The summed E-state index contributed by atoms with van der Waals surface area (Å²) in [7, 11) is -7.71. The molecule has 1 aromatic carbocycles. The third-order valence-electron chi connectivity index (χ3n) is 1.75. The highest BCUT2D eigenvalue weighted by molar-refractivity contribution is 7.89. The largest absolute Gasteiger partial charge is 0.488 e. The molecule has 0 aliphatic carbocycles. The van der Waals surface area contributed by atoms with Crippen molar-refractivity contribution in [1.82, 2.24) is 4.72 Å². The van der Waals surface area contributed by atoms with Crippen LogP contribution in [-0.4, -0.2) is 23.9 Å². The Kier molecular flexibility index (Phi) is 3.59. The number of rotatable bonds is 4. The van der Waals surface area contributed by atoms with Crippen molar-refractivity contribution in [2.75, 3.05) is 12.8 Å². The van der Waals surface area contributed by atoms with E-state index >= 15 is 0 Å². The standard InChI is InChI=1S/C7H9FN2O5S2/c1-10-16(11,12)5-2-3-7(6(9)4-5)15-17(8,13)14/h2-4,10H,9H2,1H3. The lowest BCUT2D eigenvalue weighted by atomic mass is 10.3. The number of nitrogens with one attached hydrogen (secondary N) is 1. The van der Waals surface area contributed by atoms with E-state index in [1.165, 1.54) is 7.05 Å². The SMILES string of the molecule is CNS(=O)(=O)c1ccc(OS(=O)(=O)F)c(N)c1. The zero-order valence-corrected chi connectivity index (χ0v) is 10.2. The van der Waals surface area contributed by atoms with Crippen LogP contribution in [0.15, 0.2) is 23.1 Å². The van der Waals surface area contributed by atoms with Crippen molar-refractivity contribution < 1.29 is 24.9 Å². The Morgan fingerprint density at radius 2 is 1.88 bits per heavy atom. The Labute approximate surface area is 97.9 Å². The summed E-state index contributed by atoms with van der Waals surface area (Å²) in [6, 6.07) is 2.92. The van der Waals surface area contributed by atoms with Gasteiger partial charge in [0.1, 0.15) is 0 Å². The van der Waals surface area contributed by atoms with E-state index < -0.39 is 26.3 Å². The predicted molar refractivity (Wildman–Crippen MR) is 57.8 cm³/mol. The molecule has 17 heavy (non-hydrogen) atoms. The van der Waals surface area contributed by atoms with Crippen LogP contribution in [0.3, 0.4) is 0 Å². The first-order valence-corrected chi connectivity index (χ1v) is 6.92. The summed E-state index contributed by atoms with van der Waals surface area (Å²) in [4.78, 5) is -0.193. The second-order valence-corrected chi connectivity index (χ2v) is 5.72. The summed E-state index contributed by atoms with van der Waals surface area (Å²) >= 11 is 0. The fraction of sp³-hybridized carbons (Fsp3) is 0.143. The van der Waals surface area contributed by atoms with Gasteiger partial charge in [-0.3, -0.25) is 0 Å². The minimum Gasteiger partial charge on any atom is -0.396 e. The number of hydrogen-bond donors (Lipinski definition) is 2. The van der Waals surface area contributed by atoms with Gasteiger partial charge < -0.3 is 9.92 Å². The maximum absolute atomic E-state index is 12.2. The van der Waals surface area contributed by atoms with Gasteiger partial charge in [0.05, 0.1) is 10.6 Å². The van der Waals surface area contributed by atoms with Gasteiger partial charge in [-0.25, -0.2) is 13.1 Å². The van der Waals surface area contributed by atoms with Crippen LogP contribution in [-0.2, 0) is 20.5 Å². The first-order valence-electron chi connectivity index (χ1n) is 4.13. The Hall–Kier alpha value is -1.39. The maximum Gasteiger partial charge on any atom is 0.488 e. The van der Waals surface area contributed by atoms with E-state index in [1.54, 1.807) is 0 Å². The Morgan fingerprint density at radius 3 is 2.29 bits per heavy atom. The molecule has 1 aromatic rings. The zero-order chi connectivity index (χ0) is 13.3. The Balaban J connectivity index is 3.20. The first kappa shape index (κ1) is 13.7. The van der Waals surface area contributed by atoms with Crippen LogP contribution in [0.4, 0.5) is 9.57 Å². The van der Waals surface area contributed by atoms with Crippen molar-refractivity contribution >= 4 is 26.2 Å². The van der Waals surface area contributed by atoms with Crippen molar-refractivity contribution in [3.8, 4) is 5.75 Å². The number of nitrogens with two attached hydrogens (primary N) is 1. The molecule has 1 rings (SSSR count). The van der Waals surface area contributed by atoms with Crippen LogP contribution in [0.2, 0.25) is 0 Å². The molecule has 0 aliphatic rings. The maximum atomic E-state index is 12.2. The van der Waals surface area contributed by atoms with Gasteiger partial charge in [0.15, 0.2) is 5.75 Å². The minimum absolute atomic E-state index is 0.193. The first-order chi connectivity index (χ1) is 7.65. The van der Waals surface area contributed by atoms with Gasteiger partial charge in [-0.1, -0.05) is 3.89 Å². The Morgan fingerprint density at radius 1 is 1.29 bits per heavy atom. The van der Waals surface area contributed by atoms with Crippen molar-refractivity contribution in [2.24, 2.45) is 0 Å². The molecule has 7 nitrogen and oxygen atoms in total. The molecule has 0 amide bonds. The summed E-state index contributed by atoms with van der Waals surface area (Å²) < 4.78 is 61.3. The molecule has 0 spiro atoms. The highest BCUT2D eigenvalue weighted by atomic mass is 32.3. The van der Waals surface area contributed by atoms with E-state index in [-0.39, 0.29) is 10.6 Å². The third-order valence-corrected chi connectivity index (χ3v) is 3.54. The van der Waals surface area contributed by atoms with E-state index in [0.717, 1.165) is 18.2 Å². The average Bonchev–Trinajstić information content (AvgIpc) is 2.19. The van der Waals surface area contributed by atoms with E-state index in [0.29, 0.717) is 0 Å². The van der Waals surface area contributed by atoms with Gasteiger partial charge in [-0.05, 0) is 25.2 Å². The molecular formula is C7H9FN2O5S2. The number of benzene rings is 1. The lowest BCUT2D eigenvalue weighted by molar-refractivity contribution is 0.441. The summed E-state index contributed by atoms with van der Waals surface area (Å²) in [5, 5.41) is 0. The van der Waals surface area contributed by atoms with E-state index in [9.17, 15) is 20.7 Å². The zero-order valence-electron chi connectivity index (χ0n) is 8.55. The van der Waals surface area contributed by atoms with Gasteiger partial charge in [0, 0.05) is 0 Å². The minimum atomic E-state index is -5.20. The van der Waals surface area contributed by atoms with Crippen molar-refractivity contribution in [3.63, 3.8) is 0 Å². The topological polar surface area (TPSA) is 116 Å². The van der Waals surface area contributed by atoms with Crippen LogP contribution >= 0.6 is 0 Å². The third kappa shape index (κ3) is 3.54. The second kappa shape index (κ2) is 4.47. The van der Waals surface area contributed by atoms with Gasteiger partial charge in [0.2, 0.25) is 10.0 Å². The quantitative estimate of drug-likeness (QED) is 0.583. The normalized spacial score (nSPS) is 12.4. The summed E-state index contributed by atoms with van der Waals surface area (Å²) in [6.45, 7) is 0. The molecule has 0 unspecified atom stereocenters. The summed E-state index contributed by atoms with van der Waals surface area (Å²) in [5.41, 5.74) is 5.01. The molecule has 0 aromatic heterocycles. The van der Waals surface area contributed by atoms with Crippen LogP contribution in [0, 0.1) is 0 Å². The molecule has 96 valence electrons. The van der Waals surface area contributed by atoms with E-state index in [2.05, 4.69) is 4.18 Å². The van der Waals surface area contributed by atoms with Crippen molar-refractivity contribution in [3.05, 3.63) is 18.2 Å². The molecule has 10 heteroatoms. The summed E-state index contributed by atoms with van der Waals surface area (Å²) in [6.07, 6.45) is 0.